The Morgan fingerprint density at radius 3 is 2.03 bits per heavy atom. The highest BCUT2D eigenvalue weighted by molar-refractivity contribution is 7.80. The molecule has 0 aliphatic carbocycles. The maximum atomic E-state index is 12.7. The molecule has 4 unspecified atom stereocenters. The maximum absolute atomic E-state index is 12.7. The van der Waals surface area contributed by atoms with Crippen molar-refractivity contribution in [1.82, 2.24) is 16.0 Å². The fourth-order valence-electron chi connectivity index (χ4n) is 2.61. The monoisotopic (exact) mass is 454 g/mol. The number of nitrogens with one attached hydrogen (secondary N) is 3. The molecular weight excluding hydrogens is 424 g/mol. The lowest BCUT2D eigenvalue weighted by Gasteiger charge is -2.26. The van der Waals surface area contributed by atoms with E-state index in [4.69, 9.17) is 10.8 Å². The number of rotatable bonds is 11. The van der Waals surface area contributed by atoms with Gasteiger partial charge >= 0.3 is 5.97 Å². The quantitative estimate of drug-likeness (QED) is 0.219. The summed E-state index contributed by atoms with van der Waals surface area (Å²) in [5.74, 6) is -3.36. The predicted octanol–water partition coefficient (Wildman–Crippen LogP) is -0.593. The Morgan fingerprint density at radius 1 is 0.968 bits per heavy atom. The number of carbonyl (C=O) groups is 4. The third kappa shape index (κ3) is 8.46. The highest BCUT2D eigenvalue weighted by Crippen LogP contribution is 2.11. The number of nitrogens with two attached hydrogens (primary N) is 1. The second kappa shape index (κ2) is 12.2. The number of amides is 3. The first-order chi connectivity index (χ1) is 14.5. The smallest absolute Gasteiger partial charge is 0.325 e. The molecule has 1 rings (SSSR count). The molecule has 0 spiro atoms. The third-order valence-electron chi connectivity index (χ3n) is 4.52. The summed E-state index contributed by atoms with van der Waals surface area (Å²) >= 11 is 4.04. The molecule has 0 saturated carbocycles. The number of phenolic OH excluding ortho intramolecular Hbond substituents is 1. The van der Waals surface area contributed by atoms with E-state index in [1.165, 1.54) is 19.1 Å². The lowest BCUT2D eigenvalue weighted by Crippen LogP contribution is -2.58. The molecule has 3 amide bonds. The summed E-state index contributed by atoms with van der Waals surface area (Å²) in [5.41, 5.74) is 6.70. The van der Waals surface area contributed by atoms with E-state index in [0.717, 1.165) is 5.56 Å². The van der Waals surface area contributed by atoms with Crippen LogP contribution in [-0.4, -0.2) is 63.8 Å². The van der Waals surface area contributed by atoms with Gasteiger partial charge in [-0.25, -0.2) is 0 Å². The van der Waals surface area contributed by atoms with E-state index in [0.29, 0.717) is 0 Å². The summed E-state index contributed by atoms with van der Waals surface area (Å²) in [5, 5.41) is 25.6. The normalized spacial score (nSPS) is 14.8. The van der Waals surface area contributed by atoms with Gasteiger partial charge in [0.1, 0.15) is 23.9 Å². The molecule has 0 radical (unpaired) electrons. The second-order valence-electron chi connectivity index (χ2n) is 7.52. The number of aromatic hydroxyl groups is 1. The second-order valence-corrected chi connectivity index (χ2v) is 7.88. The molecule has 0 heterocycles. The van der Waals surface area contributed by atoms with E-state index in [9.17, 15) is 24.3 Å². The number of aliphatic carboxylic acids is 1. The summed E-state index contributed by atoms with van der Waals surface area (Å²) in [6, 6.07) is 2.14. The van der Waals surface area contributed by atoms with Crippen molar-refractivity contribution in [2.75, 3.05) is 5.75 Å². The van der Waals surface area contributed by atoms with Crippen molar-refractivity contribution in [3.8, 4) is 5.75 Å². The summed E-state index contributed by atoms with van der Waals surface area (Å²) in [6.45, 7) is 4.74. The lowest BCUT2D eigenvalue weighted by molar-refractivity contribution is -0.141. The van der Waals surface area contributed by atoms with Crippen LogP contribution in [-0.2, 0) is 25.6 Å². The number of phenols is 1. The van der Waals surface area contributed by atoms with Crippen LogP contribution in [0.5, 0.6) is 5.75 Å². The predicted molar refractivity (Wildman–Crippen MR) is 118 cm³/mol. The summed E-state index contributed by atoms with van der Waals surface area (Å²) in [6.07, 6.45) is 0.202. The molecule has 1 aromatic carbocycles. The van der Waals surface area contributed by atoms with Crippen molar-refractivity contribution >= 4 is 36.3 Å². The van der Waals surface area contributed by atoms with Gasteiger partial charge in [-0.3, -0.25) is 19.2 Å². The molecule has 0 aliphatic heterocycles. The third-order valence-corrected chi connectivity index (χ3v) is 4.89. The topological polar surface area (TPSA) is 171 Å². The number of benzene rings is 1. The molecule has 0 fully saturated rings. The van der Waals surface area contributed by atoms with Crippen LogP contribution in [0.15, 0.2) is 24.3 Å². The molecular formula is C20H30N4O6S. The minimum atomic E-state index is -1.22. The average molecular weight is 455 g/mol. The number of carboxylic acid groups (broad SMARTS) is 1. The van der Waals surface area contributed by atoms with Crippen molar-refractivity contribution < 1.29 is 29.4 Å². The fourth-order valence-corrected chi connectivity index (χ4v) is 2.86. The molecule has 0 saturated heterocycles. The number of carbonyl (C=O) groups excluding carboxylic acids is 3. The molecule has 0 aliphatic rings. The Hall–Kier alpha value is -2.79. The molecule has 7 N–H and O–H groups in total. The number of carboxylic acids is 1. The minimum absolute atomic E-state index is 0.0664. The zero-order valence-corrected chi connectivity index (χ0v) is 18.6. The molecule has 172 valence electrons. The Labute approximate surface area is 186 Å². The Bertz CT molecular complexity index is 786. The van der Waals surface area contributed by atoms with Crippen molar-refractivity contribution in [1.29, 1.82) is 0 Å². The van der Waals surface area contributed by atoms with Gasteiger partial charge in [0, 0.05) is 5.75 Å². The van der Waals surface area contributed by atoms with Crippen LogP contribution >= 0.6 is 12.6 Å². The maximum Gasteiger partial charge on any atom is 0.325 e. The molecule has 10 nitrogen and oxygen atoms in total. The largest absolute Gasteiger partial charge is 0.508 e. The van der Waals surface area contributed by atoms with E-state index >= 15 is 0 Å². The fraction of sp³-hybridized carbons (Fsp3) is 0.500. The zero-order valence-electron chi connectivity index (χ0n) is 17.7. The van der Waals surface area contributed by atoms with Crippen LogP contribution in [0.2, 0.25) is 0 Å². The Morgan fingerprint density at radius 2 is 1.55 bits per heavy atom. The SMILES string of the molecule is CC(NC(=O)C(CS)NC(=O)C(NC(=O)C(N)Cc1ccc(O)cc1)C(C)C)C(=O)O. The van der Waals surface area contributed by atoms with Crippen LogP contribution in [0.25, 0.3) is 0 Å². The van der Waals surface area contributed by atoms with Crippen LogP contribution in [0, 0.1) is 5.92 Å². The van der Waals surface area contributed by atoms with E-state index in [1.807, 2.05) is 0 Å². The highest BCUT2D eigenvalue weighted by Gasteiger charge is 2.30. The molecule has 4 atom stereocenters. The van der Waals surface area contributed by atoms with Crippen molar-refractivity contribution in [2.45, 2.75) is 51.4 Å². The lowest BCUT2D eigenvalue weighted by atomic mass is 10.0. The van der Waals surface area contributed by atoms with Crippen LogP contribution in [0.1, 0.15) is 26.3 Å². The van der Waals surface area contributed by atoms with Crippen LogP contribution < -0.4 is 21.7 Å². The summed E-state index contributed by atoms with van der Waals surface area (Å²) in [7, 11) is 0. The Kier molecular flexibility index (Phi) is 10.3. The van der Waals surface area contributed by atoms with E-state index < -0.39 is 47.9 Å². The van der Waals surface area contributed by atoms with Gasteiger partial charge in [-0.05, 0) is 37.0 Å². The van der Waals surface area contributed by atoms with Gasteiger partial charge in [-0.2, -0.15) is 12.6 Å². The highest BCUT2D eigenvalue weighted by atomic mass is 32.1. The Balaban J connectivity index is 2.76. The van der Waals surface area contributed by atoms with E-state index in [1.54, 1.807) is 26.0 Å². The zero-order chi connectivity index (χ0) is 23.7. The first kappa shape index (κ1) is 26.2. The number of hydrogen-bond acceptors (Lipinski definition) is 7. The van der Waals surface area contributed by atoms with Gasteiger partial charge in [0.05, 0.1) is 6.04 Å². The summed E-state index contributed by atoms with van der Waals surface area (Å²) in [4.78, 5) is 48.3. The van der Waals surface area contributed by atoms with Gasteiger partial charge in [-0.1, -0.05) is 26.0 Å². The van der Waals surface area contributed by atoms with Gasteiger partial charge in [-0.15, -0.1) is 0 Å². The first-order valence-corrected chi connectivity index (χ1v) is 10.4. The molecule has 31 heavy (non-hydrogen) atoms. The number of hydrogen-bond donors (Lipinski definition) is 7. The molecule has 11 heteroatoms. The first-order valence-electron chi connectivity index (χ1n) is 9.74. The molecule has 0 aromatic heterocycles. The van der Waals surface area contributed by atoms with Gasteiger partial charge in [0.2, 0.25) is 17.7 Å². The van der Waals surface area contributed by atoms with Crippen LogP contribution in [0.3, 0.4) is 0 Å². The van der Waals surface area contributed by atoms with E-state index in [-0.39, 0.29) is 23.8 Å². The van der Waals surface area contributed by atoms with Crippen LogP contribution in [0.4, 0.5) is 0 Å². The van der Waals surface area contributed by atoms with Gasteiger partial charge in [0.25, 0.3) is 0 Å². The van der Waals surface area contributed by atoms with E-state index in [2.05, 4.69) is 28.6 Å². The van der Waals surface area contributed by atoms with Gasteiger partial charge < -0.3 is 31.9 Å². The summed E-state index contributed by atoms with van der Waals surface area (Å²) < 4.78 is 0. The molecule has 0 bridgehead atoms. The standard InChI is InChI=1S/C20H30N4O6S/c1-10(2)16(19(28)23-15(9-31)18(27)22-11(3)20(29)30)24-17(26)14(21)8-12-4-6-13(25)7-5-12/h4-7,10-11,14-16,25,31H,8-9,21H2,1-3H3,(H,22,27)(H,23,28)(H,24,26)(H,29,30). The average Bonchev–Trinajstić information content (AvgIpc) is 2.70. The van der Waals surface area contributed by atoms with Crippen molar-refractivity contribution in [2.24, 2.45) is 11.7 Å². The van der Waals surface area contributed by atoms with Crippen molar-refractivity contribution in [3.63, 3.8) is 0 Å². The number of thiol groups is 1. The minimum Gasteiger partial charge on any atom is -0.508 e. The van der Waals surface area contributed by atoms with Gasteiger partial charge in [0.15, 0.2) is 0 Å². The van der Waals surface area contributed by atoms with Crippen molar-refractivity contribution in [3.05, 3.63) is 29.8 Å². The molecule has 1 aromatic rings.